The van der Waals surface area contributed by atoms with Gasteiger partial charge in [0.2, 0.25) is 5.91 Å². The maximum atomic E-state index is 12.0. The molecule has 112 valence electrons. The molecule has 0 aliphatic heterocycles. The summed E-state index contributed by atoms with van der Waals surface area (Å²) >= 11 is 0. The zero-order valence-corrected chi connectivity index (χ0v) is 13.0. The molecule has 0 bridgehead atoms. The molecule has 2 rings (SSSR count). The molecule has 1 aromatic rings. The summed E-state index contributed by atoms with van der Waals surface area (Å²) in [4.78, 5) is 14.0. The van der Waals surface area contributed by atoms with E-state index < -0.39 is 0 Å². The highest BCUT2D eigenvalue weighted by Crippen LogP contribution is 2.34. The third-order valence-corrected chi connectivity index (χ3v) is 3.70. The van der Waals surface area contributed by atoms with Crippen molar-refractivity contribution < 1.29 is 4.79 Å². The Morgan fingerprint density at radius 1 is 1.40 bits per heavy atom. The summed E-state index contributed by atoms with van der Waals surface area (Å²) in [5.41, 5.74) is 7.82. The van der Waals surface area contributed by atoms with Crippen LogP contribution in [0.15, 0.2) is 24.3 Å². The molecule has 1 amide bonds. The molecule has 1 fully saturated rings. The van der Waals surface area contributed by atoms with E-state index >= 15 is 0 Å². The number of hydrogen-bond donors (Lipinski definition) is 2. The molecule has 3 N–H and O–H groups in total. The number of carbonyl (C=O) groups excluding carboxylic acids is 1. The van der Waals surface area contributed by atoms with Gasteiger partial charge in [-0.25, -0.2) is 0 Å². The Morgan fingerprint density at radius 3 is 2.50 bits per heavy atom. The molecule has 1 aromatic carbocycles. The number of aryl methyl sites for hydroxylation is 1. The van der Waals surface area contributed by atoms with Gasteiger partial charge in [0.1, 0.15) is 0 Å². The molecule has 1 aliphatic rings. The molecule has 1 atom stereocenters. The summed E-state index contributed by atoms with van der Waals surface area (Å²) < 4.78 is 0. The predicted octanol–water partition coefficient (Wildman–Crippen LogP) is 2.02. The standard InChI is InChI=1S/C15H23N3O.ClH/c1-11-3-7-13(8-4-11)17-15(19)10-18(2)14(9-16)12-5-6-12;/h3-4,7-8,12,14H,5-6,9-10,16H2,1-2H3,(H,17,19);1H. The molecule has 20 heavy (non-hydrogen) atoms. The van der Waals surface area contributed by atoms with Crippen LogP contribution in [0.3, 0.4) is 0 Å². The molecule has 5 heteroatoms. The molecule has 1 aliphatic carbocycles. The third-order valence-electron chi connectivity index (χ3n) is 3.70. The molecular formula is C15H24ClN3O. The van der Waals surface area contributed by atoms with E-state index in [2.05, 4.69) is 10.2 Å². The zero-order valence-electron chi connectivity index (χ0n) is 12.1. The van der Waals surface area contributed by atoms with Crippen LogP contribution in [0.25, 0.3) is 0 Å². The van der Waals surface area contributed by atoms with E-state index in [-0.39, 0.29) is 18.3 Å². The maximum Gasteiger partial charge on any atom is 0.238 e. The van der Waals surface area contributed by atoms with Gasteiger partial charge in [-0.15, -0.1) is 12.4 Å². The number of hydrogen-bond acceptors (Lipinski definition) is 3. The van der Waals surface area contributed by atoms with Crippen molar-refractivity contribution in [3.63, 3.8) is 0 Å². The van der Waals surface area contributed by atoms with Crippen LogP contribution in [-0.2, 0) is 4.79 Å². The van der Waals surface area contributed by atoms with Crippen molar-refractivity contribution in [2.24, 2.45) is 11.7 Å². The molecule has 4 nitrogen and oxygen atoms in total. The Morgan fingerprint density at radius 2 is 2.00 bits per heavy atom. The molecule has 0 radical (unpaired) electrons. The topological polar surface area (TPSA) is 58.4 Å². The Balaban J connectivity index is 0.00000200. The average Bonchev–Trinajstić information content (AvgIpc) is 3.17. The monoisotopic (exact) mass is 297 g/mol. The number of nitrogens with two attached hydrogens (primary N) is 1. The van der Waals surface area contributed by atoms with Crippen molar-refractivity contribution in [1.29, 1.82) is 0 Å². The van der Waals surface area contributed by atoms with Crippen molar-refractivity contribution >= 4 is 24.0 Å². The second kappa shape index (κ2) is 7.62. The predicted molar refractivity (Wildman–Crippen MR) is 85.3 cm³/mol. The van der Waals surface area contributed by atoms with E-state index in [1.54, 1.807) is 0 Å². The Kier molecular flexibility index (Phi) is 6.46. The van der Waals surface area contributed by atoms with Gasteiger partial charge >= 0.3 is 0 Å². The molecule has 0 spiro atoms. The first-order chi connectivity index (χ1) is 9.10. The lowest BCUT2D eigenvalue weighted by Crippen LogP contribution is -2.43. The normalized spacial score (nSPS) is 15.6. The van der Waals surface area contributed by atoms with E-state index in [0.717, 1.165) is 5.69 Å². The number of halogens is 1. The number of carbonyl (C=O) groups is 1. The highest BCUT2D eigenvalue weighted by Gasteiger charge is 2.33. The van der Waals surface area contributed by atoms with Crippen molar-refractivity contribution in [2.75, 3.05) is 25.5 Å². The largest absolute Gasteiger partial charge is 0.329 e. The first-order valence-electron chi connectivity index (χ1n) is 6.87. The van der Waals surface area contributed by atoms with Crippen molar-refractivity contribution in [2.45, 2.75) is 25.8 Å². The number of anilines is 1. The fourth-order valence-electron chi connectivity index (χ4n) is 2.39. The van der Waals surface area contributed by atoms with Crippen LogP contribution < -0.4 is 11.1 Å². The summed E-state index contributed by atoms with van der Waals surface area (Å²) in [7, 11) is 1.98. The Bertz CT molecular complexity index is 431. The quantitative estimate of drug-likeness (QED) is 0.844. The summed E-state index contributed by atoms with van der Waals surface area (Å²) in [6.45, 7) is 3.05. The van der Waals surface area contributed by atoms with Crippen LogP contribution in [0.2, 0.25) is 0 Å². The first-order valence-corrected chi connectivity index (χ1v) is 6.87. The lowest BCUT2D eigenvalue weighted by Gasteiger charge is -2.26. The van der Waals surface area contributed by atoms with Crippen molar-refractivity contribution in [3.8, 4) is 0 Å². The van der Waals surface area contributed by atoms with Gasteiger partial charge < -0.3 is 11.1 Å². The fraction of sp³-hybridized carbons (Fsp3) is 0.533. The van der Waals surface area contributed by atoms with Crippen LogP contribution in [-0.4, -0.2) is 37.0 Å². The number of nitrogens with one attached hydrogen (secondary N) is 1. The van der Waals surface area contributed by atoms with Crippen molar-refractivity contribution in [3.05, 3.63) is 29.8 Å². The molecule has 0 heterocycles. The van der Waals surface area contributed by atoms with Gasteiger partial charge in [0, 0.05) is 18.3 Å². The van der Waals surface area contributed by atoms with Gasteiger partial charge in [-0.3, -0.25) is 9.69 Å². The van der Waals surface area contributed by atoms with E-state index in [9.17, 15) is 4.79 Å². The SMILES string of the molecule is Cc1ccc(NC(=O)CN(C)C(CN)C2CC2)cc1.Cl. The lowest BCUT2D eigenvalue weighted by molar-refractivity contribution is -0.117. The van der Waals surface area contributed by atoms with Gasteiger partial charge in [0.25, 0.3) is 0 Å². The number of rotatable bonds is 6. The van der Waals surface area contributed by atoms with Crippen LogP contribution >= 0.6 is 12.4 Å². The van der Waals surface area contributed by atoms with Crippen molar-refractivity contribution in [1.82, 2.24) is 4.90 Å². The lowest BCUT2D eigenvalue weighted by atomic mass is 10.1. The van der Waals surface area contributed by atoms with E-state index in [1.165, 1.54) is 18.4 Å². The van der Waals surface area contributed by atoms with Gasteiger partial charge in [0.15, 0.2) is 0 Å². The number of likely N-dealkylation sites (N-methyl/N-ethyl adjacent to an activating group) is 1. The molecule has 0 aromatic heterocycles. The minimum Gasteiger partial charge on any atom is -0.329 e. The van der Waals surface area contributed by atoms with Crippen LogP contribution in [0.4, 0.5) is 5.69 Å². The smallest absolute Gasteiger partial charge is 0.238 e. The number of benzene rings is 1. The Labute approximate surface area is 127 Å². The molecular weight excluding hydrogens is 274 g/mol. The summed E-state index contributed by atoms with van der Waals surface area (Å²) in [5.74, 6) is 0.702. The first kappa shape index (κ1) is 17.0. The zero-order chi connectivity index (χ0) is 13.8. The van der Waals surface area contributed by atoms with Gasteiger partial charge in [-0.1, -0.05) is 17.7 Å². The summed E-state index contributed by atoms with van der Waals surface area (Å²) in [5, 5.41) is 2.92. The van der Waals surface area contributed by atoms with Gasteiger partial charge in [0.05, 0.1) is 6.54 Å². The highest BCUT2D eigenvalue weighted by atomic mass is 35.5. The van der Waals surface area contributed by atoms with Crippen LogP contribution in [0.1, 0.15) is 18.4 Å². The van der Waals surface area contributed by atoms with E-state index in [4.69, 9.17) is 5.73 Å². The van der Waals surface area contributed by atoms with Gasteiger partial charge in [-0.2, -0.15) is 0 Å². The van der Waals surface area contributed by atoms with Gasteiger partial charge in [-0.05, 0) is 44.9 Å². The molecule has 0 saturated heterocycles. The minimum absolute atomic E-state index is 0. The second-order valence-corrected chi connectivity index (χ2v) is 5.47. The Hall–Kier alpha value is -1.10. The maximum absolute atomic E-state index is 12.0. The average molecular weight is 298 g/mol. The summed E-state index contributed by atoms with van der Waals surface area (Å²) in [6, 6.07) is 8.17. The fourth-order valence-corrected chi connectivity index (χ4v) is 2.39. The van der Waals surface area contributed by atoms with E-state index in [1.807, 2.05) is 38.2 Å². The second-order valence-electron chi connectivity index (χ2n) is 5.47. The molecule has 1 unspecified atom stereocenters. The number of nitrogens with zero attached hydrogens (tertiary/aromatic N) is 1. The van der Waals surface area contributed by atoms with Crippen LogP contribution in [0, 0.1) is 12.8 Å². The summed E-state index contributed by atoms with van der Waals surface area (Å²) in [6.07, 6.45) is 2.48. The van der Waals surface area contributed by atoms with E-state index in [0.29, 0.717) is 25.0 Å². The number of amides is 1. The molecule has 1 saturated carbocycles. The third kappa shape index (κ3) is 4.78. The highest BCUT2D eigenvalue weighted by molar-refractivity contribution is 5.92. The minimum atomic E-state index is 0. The van der Waals surface area contributed by atoms with Crippen LogP contribution in [0.5, 0.6) is 0 Å².